The molecule has 4 aromatic rings. The molecule has 4 aromatic heterocycles. The van der Waals surface area contributed by atoms with Gasteiger partial charge in [-0.2, -0.15) is 0 Å². The van der Waals surface area contributed by atoms with Crippen LogP contribution >= 0.6 is 11.6 Å². The zero-order chi connectivity index (χ0) is 37.8. The number of nitrogens with zero attached hydrogens (tertiary/aromatic N) is 9. The number of carbonyl (C=O) groups is 2. The van der Waals surface area contributed by atoms with E-state index in [1.54, 1.807) is 0 Å². The maximum Gasteiger partial charge on any atom is 0.287 e. The van der Waals surface area contributed by atoms with Gasteiger partial charge in [-0.3, -0.25) is 50.0 Å². The lowest BCUT2D eigenvalue weighted by atomic mass is 10.3. The first-order valence-electron chi connectivity index (χ1n) is 14.0. The fraction of sp³-hybridized carbons (Fsp3) is 0.214. The van der Waals surface area contributed by atoms with Crippen LogP contribution in [0.2, 0.25) is 0 Å². The molecule has 0 aromatic carbocycles. The van der Waals surface area contributed by atoms with E-state index in [0.717, 1.165) is 30.9 Å². The first-order chi connectivity index (χ1) is 23.6. The Labute approximate surface area is 287 Å². The molecule has 0 bridgehead atoms. The van der Waals surface area contributed by atoms with E-state index >= 15 is 0 Å². The summed E-state index contributed by atoms with van der Waals surface area (Å²) in [5.41, 5.74) is 4.49. The van der Waals surface area contributed by atoms with Crippen molar-refractivity contribution < 1.29 is 29.3 Å². The van der Waals surface area contributed by atoms with Gasteiger partial charge in [-0.25, -0.2) is 19.9 Å². The highest BCUT2D eigenvalue weighted by Crippen LogP contribution is 2.14. The van der Waals surface area contributed by atoms with Gasteiger partial charge >= 0.3 is 0 Å². The van der Waals surface area contributed by atoms with Crippen molar-refractivity contribution >= 4 is 57.1 Å². The molecule has 0 fully saturated rings. The van der Waals surface area contributed by atoms with Crippen molar-refractivity contribution in [2.75, 3.05) is 30.7 Å². The number of carbonyl (C=O) groups excluding carboxylic acids is 2. The highest BCUT2D eigenvalue weighted by molar-refractivity contribution is 6.67. The number of nitrogens with two attached hydrogens (primary N) is 1. The number of halogens is 1. The SMILES string of the molecule is CCN(CC)CC.Nc1ccc([N+](=O)[O-])cn1.O=C(Cl)c1ccc([N+](=O)[O-])cn1.O=C(Nc1ccc([N+](=O)[O-])cn1)c1ccc([N+](=O)[O-])cn1. The normalized spacial score (nSPS) is 9.70. The number of rotatable bonds is 10. The van der Waals surface area contributed by atoms with Crippen molar-refractivity contribution in [1.82, 2.24) is 24.8 Å². The number of anilines is 2. The maximum absolute atomic E-state index is 11.8. The number of aromatic nitrogens is 4. The molecule has 264 valence electrons. The molecule has 0 radical (unpaired) electrons. The highest BCUT2D eigenvalue weighted by Gasteiger charge is 2.13. The first kappa shape index (κ1) is 41.4. The van der Waals surface area contributed by atoms with Crippen molar-refractivity contribution in [3.05, 3.63) is 125 Å². The Bertz CT molecular complexity index is 1700. The number of hydrogen-bond donors (Lipinski definition) is 2. The summed E-state index contributed by atoms with van der Waals surface area (Å²) >= 11 is 5.06. The molecule has 4 heterocycles. The summed E-state index contributed by atoms with van der Waals surface area (Å²) < 4.78 is 0. The number of nitro groups is 4. The lowest BCUT2D eigenvalue weighted by molar-refractivity contribution is -0.385. The summed E-state index contributed by atoms with van der Waals surface area (Å²) in [5, 5.41) is 42.7. The van der Waals surface area contributed by atoms with Crippen LogP contribution < -0.4 is 11.1 Å². The largest absolute Gasteiger partial charge is 0.384 e. The van der Waals surface area contributed by atoms with Crippen LogP contribution in [0, 0.1) is 40.5 Å². The molecule has 50 heavy (non-hydrogen) atoms. The van der Waals surface area contributed by atoms with Gasteiger partial charge < -0.3 is 16.0 Å². The van der Waals surface area contributed by atoms with Crippen LogP contribution in [-0.2, 0) is 0 Å². The molecule has 1 amide bonds. The third kappa shape index (κ3) is 14.9. The zero-order valence-corrected chi connectivity index (χ0v) is 27.4. The van der Waals surface area contributed by atoms with Crippen LogP contribution in [0.1, 0.15) is 41.7 Å². The second-order valence-corrected chi connectivity index (χ2v) is 9.37. The van der Waals surface area contributed by atoms with Crippen LogP contribution in [0.15, 0.2) is 73.3 Å². The van der Waals surface area contributed by atoms with Crippen LogP contribution in [0.4, 0.5) is 34.4 Å². The molecule has 0 saturated carbocycles. The standard InChI is InChI=1S/C11H7N5O5.C6H3ClN2O3.C6H15N.C5H5N3O2/c17-11(9-3-1-7(5-12-9)15(18)19)14-10-4-2-8(6-13-10)16(20)21;7-6(10)5-2-1-4(3-8-5)9(11)12;1-4-7(5-2)6-3;6-5-2-1-4(3-7-5)8(9)10/h1-6H,(H,13,14,17);1-3H;4-6H2,1-3H3;1-3H,(H2,6,7). The van der Waals surface area contributed by atoms with E-state index < -0.39 is 30.8 Å². The number of nitrogen functional groups attached to an aromatic ring is 1. The molecule has 0 atom stereocenters. The van der Waals surface area contributed by atoms with Crippen molar-refractivity contribution in [2.24, 2.45) is 0 Å². The number of amides is 1. The Kier molecular flexibility index (Phi) is 17.6. The summed E-state index contributed by atoms with van der Waals surface area (Å²) in [7, 11) is 0. The number of hydrogen-bond acceptors (Lipinski definition) is 16. The summed E-state index contributed by atoms with van der Waals surface area (Å²) in [5.74, 6) is -0.248. The van der Waals surface area contributed by atoms with E-state index in [9.17, 15) is 50.0 Å². The van der Waals surface area contributed by atoms with Crippen molar-refractivity contribution in [2.45, 2.75) is 20.8 Å². The van der Waals surface area contributed by atoms with E-state index in [0.29, 0.717) is 0 Å². The molecular formula is C28H30ClN11O10. The van der Waals surface area contributed by atoms with Gasteiger partial charge in [0.05, 0.1) is 19.7 Å². The van der Waals surface area contributed by atoms with Gasteiger partial charge in [-0.1, -0.05) is 20.8 Å². The second-order valence-electron chi connectivity index (χ2n) is 9.02. The molecule has 21 nitrogen and oxygen atoms in total. The smallest absolute Gasteiger partial charge is 0.287 e. The zero-order valence-electron chi connectivity index (χ0n) is 26.6. The fourth-order valence-corrected chi connectivity index (χ4v) is 3.28. The molecule has 22 heteroatoms. The van der Waals surface area contributed by atoms with Gasteiger partial charge in [0.2, 0.25) is 0 Å². The molecule has 3 N–H and O–H groups in total. The van der Waals surface area contributed by atoms with E-state index in [1.165, 1.54) is 62.1 Å². The van der Waals surface area contributed by atoms with Gasteiger partial charge in [0.15, 0.2) is 0 Å². The van der Waals surface area contributed by atoms with E-state index in [-0.39, 0.29) is 45.8 Å². The summed E-state index contributed by atoms with van der Waals surface area (Å²) in [6.07, 6.45) is 4.06. The Morgan fingerprint density at radius 3 is 1.30 bits per heavy atom. The van der Waals surface area contributed by atoms with Crippen LogP contribution in [0.25, 0.3) is 0 Å². The lowest BCUT2D eigenvalue weighted by Gasteiger charge is -2.13. The first-order valence-corrected chi connectivity index (χ1v) is 14.4. The van der Waals surface area contributed by atoms with Gasteiger partial charge in [-0.05, 0) is 55.5 Å². The van der Waals surface area contributed by atoms with Gasteiger partial charge in [0.1, 0.15) is 47.8 Å². The minimum Gasteiger partial charge on any atom is -0.384 e. The topological polar surface area (TPSA) is 300 Å². The Balaban J connectivity index is 0.000000366. The second kappa shape index (κ2) is 21.3. The predicted molar refractivity (Wildman–Crippen MR) is 180 cm³/mol. The van der Waals surface area contributed by atoms with E-state index in [1.807, 2.05) is 0 Å². The lowest BCUT2D eigenvalue weighted by Crippen LogP contribution is -2.21. The van der Waals surface area contributed by atoms with Crippen molar-refractivity contribution in [3.8, 4) is 0 Å². The summed E-state index contributed by atoms with van der Waals surface area (Å²) in [6, 6.07) is 9.86. The molecule has 0 spiro atoms. The quantitative estimate of drug-likeness (QED) is 0.126. The molecule has 0 aliphatic heterocycles. The average Bonchev–Trinajstić information content (AvgIpc) is 3.10. The van der Waals surface area contributed by atoms with E-state index in [4.69, 9.17) is 17.3 Å². The predicted octanol–water partition coefficient (Wildman–Crippen LogP) is 4.83. The monoisotopic (exact) mass is 715 g/mol. The molecule has 4 rings (SSSR count). The highest BCUT2D eigenvalue weighted by atomic mass is 35.5. The third-order valence-corrected chi connectivity index (χ3v) is 6.07. The van der Waals surface area contributed by atoms with Crippen molar-refractivity contribution in [1.29, 1.82) is 0 Å². The van der Waals surface area contributed by atoms with Crippen LogP contribution in [-0.4, -0.2) is 75.3 Å². The summed E-state index contributed by atoms with van der Waals surface area (Å²) in [4.78, 5) is 77.7. The Hall–Kier alpha value is -6.61. The number of nitrogens with one attached hydrogen (secondary N) is 1. The molecule has 0 aliphatic carbocycles. The van der Waals surface area contributed by atoms with Gasteiger partial charge in [0.25, 0.3) is 33.9 Å². The van der Waals surface area contributed by atoms with Crippen molar-refractivity contribution in [3.63, 3.8) is 0 Å². The van der Waals surface area contributed by atoms with Crippen LogP contribution in [0.5, 0.6) is 0 Å². The fourth-order valence-electron chi connectivity index (χ4n) is 3.16. The molecule has 0 saturated heterocycles. The molecule has 0 unspecified atom stereocenters. The van der Waals surface area contributed by atoms with Gasteiger partial charge in [-0.15, -0.1) is 0 Å². The van der Waals surface area contributed by atoms with Gasteiger partial charge in [0, 0.05) is 24.3 Å². The summed E-state index contributed by atoms with van der Waals surface area (Å²) in [6.45, 7) is 10.1. The minimum atomic E-state index is -0.732. The van der Waals surface area contributed by atoms with E-state index in [2.05, 4.69) is 50.9 Å². The Morgan fingerprint density at radius 2 is 1.02 bits per heavy atom. The maximum atomic E-state index is 11.8. The van der Waals surface area contributed by atoms with Crippen LogP contribution in [0.3, 0.4) is 0 Å². The minimum absolute atomic E-state index is 0.00210. The average molecular weight is 716 g/mol. The molecule has 0 aliphatic rings. The molecular weight excluding hydrogens is 686 g/mol. The Morgan fingerprint density at radius 1 is 0.640 bits per heavy atom. The number of pyridine rings is 4. The third-order valence-electron chi connectivity index (χ3n) is 5.87.